The molecule has 1 rings (SSSR count). The lowest BCUT2D eigenvalue weighted by Gasteiger charge is -2.27. The minimum absolute atomic E-state index is 0.0242. The van der Waals surface area contributed by atoms with Gasteiger partial charge in [0.05, 0.1) is 6.54 Å². The van der Waals surface area contributed by atoms with Gasteiger partial charge in [0.25, 0.3) is 0 Å². The zero-order chi connectivity index (χ0) is 28.3. The van der Waals surface area contributed by atoms with Gasteiger partial charge in [0.15, 0.2) is 0 Å². The second kappa shape index (κ2) is 14.4. The molecule has 0 aliphatic heterocycles. The Morgan fingerprint density at radius 1 is 0.889 bits per heavy atom. The Kier molecular flexibility index (Phi) is 13.4. The van der Waals surface area contributed by atoms with E-state index in [2.05, 4.69) is 20.7 Å². The number of amides is 1. The Labute approximate surface area is 221 Å². The molecule has 9 nitrogen and oxygen atoms in total. The molecule has 0 heterocycles. The molecule has 0 unspecified atom stereocenters. The number of nitrogens with zero attached hydrogens (tertiary/aromatic N) is 1. The Balaban J connectivity index is 0.000000723. The van der Waals surface area contributed by atoms with Gasteiger partial charge >= 0.3 is 18.4 Å². The summed E-state index contributed by atoms with van der Waals surface area (Å²) in [7, 11) is 0. The van der Waals surface area contributed by atoms with Crippen LogP contribution < -0.4 is 0 Å². The molecule has 0 aromatic heterocycles. The SMILES string of the molecule is CC(C)(C)OC(=O)N(CCCO)Cc1cc(F)ccc1Br.CC(C)(C)OC(=O)OC(=O)OC(C)(C)C. The first kappa shape index (κ1) is 33.6. The van der Waals surface area contributed by atoms with Gasteiger partial charge in [0, 0.05) is 17.6 Å². The third-order valence-corrected chi connectivity index (χ3v) is 4.33. The molecule has 11 heteroatoms. The standard InChI is InChI=1S/C15H21BrFNO3.C10H18O5/c1-15(2,3)21-14(20)18(7-4-8-19)10-11-9-12(17)5-6-13(11)16;1-9(2,3)14-7(11)13-8(12)15-10(4,5)6/h5-6,9,19H,4,7-8,10H2,1-3H3;1-6H3. The first-order valence-corrected chi connectivity index (χ1v) is 12.2. The zero-order valence-corrected chi connectivity index (χ0v) is 24.2. The maximum Gasteiger partial charge on any atom is 0.519 e. The van der Waals surface area contributed by atoms with Crippen LogP contribution in [0.4, 0.5) is 18.8 Å². The summed E-state index contributed by atoms with van der Waals surface area (Å²) in [6.07, 6.45) is -2.16. The van der Waals surface area contributed by atoms with E-state index in [1.54, 1.807) is 68.4 Å². The van der Waals surface area contributed by atoms with E-state index < -0.39 is 35.2 Å². The van der Waals surface area contributed by atoms with Crippen molar-refractivity contribution >= 4 is 34.3 Å². The molecule has 0 aliphatic carbocycles. The van der Waals surface area contributed by atoms with Gasteiger partial charge in [-0.05, 0) is 92.5 Å². The molecule has 1 aromatic rings. The van der Waals surface area contributed by atoms with Crippen LogP contribution in [0.2, 0.25) is 0 Å². The van der Waals surface area contributed by atoms with Crippen LogP contribution in [-0.4, -0.2) is 58.4 Å². The summed E-state index contributed by atoms with van der Waals surface area (Å²) in [5.74, 6) is -0.362. The zero-order valence-electron chi connectivity index (χ0n) is 22.6. The maximum absolute atomic E-state index is 13.3. The number of hydrogen-bond acceptors (Lipinski definition) is 8. The lowest BCUT2D eigenvalue weighted by molar-refractivity contribution is -0.0294. The number of hydrogen-bond donors (Lipinski definition) is 1. The van der Waals surface area contributed by atoms with Crippen molar-refractivity contribution in [2.45, 2.75) is 92.1 Å². The Bertz CT molecular complexity index is 846. The van der Waals surface area contributed by atoms with E-state index in [-0.39, 0.29) is 19.0 Å². The highest BCUT2D eigenvalue weighted by Gasteiger charge is 2.25. The van der Waals surface area contributed by atoms with Crippen LogP contribution in [-0.2, 0) is 25.5 Å². The van der Waals surface area contributed by atoms with E-state index in [0.717, 1.165) is 4.47 Å². The van der Waals surface area contributed by atoms with E-state index in [9.17, 15) is 18.8 Å². The van der Waals surface area contributed by atoms with Crippen molar-refractivity contribution in [3.8, 4) is 0 Å². The second-order valence-corrected chi connectivity index (χ2v) is 11.6. The Hall–Kier alpha value is -2.40. The van der Waals surface area contributed by atoms with Crippen LogP contribution in [0.15, 0.2) is 22.7 Å². The summed E-state index contributed by atoms with van der Waals surface area (Å²) < 4.78 is 33.2. The quantitative estimate of drug-likeness (QED) is 0.236. The molecular weight excluding hydrogens is 541 g/mol. The molecule has 206 valence electrons. The van der Waals surface area contributed by atoms with E-state index in [0.29, 0.717) is 18.5 Å². The van der Waals surface area contributed by atoms with Crippen LogP contribution in [0, 0.1) is 5.82 Å². The number of carbonyl (C=O) groups excluding carboxylic acids is 3. The molecule has 0 radical (unpaired) electrons. The first-order valence-electron chi connectivity index (χ1n) is 11.4. The second-order valence-electron chi connectivity index (χ2n) is 10.7. The van der Waals surface area contributed by atoms with Crippen molar-refractivity contribution in [3.63, 3.8) is 0 Å². The number of ether oxygens (including phenoxy) is 4. The number of aliphatic hydroxyl groups is 1. The van der Waals surface area contributed by atoms with Gasteiger partial charge in [-0.3, -0.25) is 0 Å². The van der Waals surface area contributed by atoms with Crippen LogP contribution >= 0.6 is 15.9 Å². The van der Waals surface area contributed by atoms with Crippen molar-refractivity contribution in [2.24, 2.45) is 0 Å². The number of aliphatic hydroxyl groups excluding tert-OH is 1. The van der Waals surface area contributed by atoms with E-state index >= 15 is 0 Å². The summed E-state index contributed by atoms with van der Waals surface area (Å²) in [4.78, 5) is 35.7. The van der Waals surface area contributed by atoms with E-state index in [1.165, 1.54) is 17.0 Å². The van der Waals surface area contributed by atoms with Gasteiger partial charge in [-0.1, -0.05) is 15.9 Å². The summed E-state index contributed by atoms with van der Waals surface area (Å²) >= 11 is 3.34. The molecule has 1 N–H and O–H groups in total. The monoisotopic (exact) mass is 579 g/mol. The molecule has 0 spiro atoms. The van der Waals surface area contributed by atoms with Gasteiger partial charge in [-0.25, -0.2) is 18.8 Å². The normalized spacial score (nSPS) is 11.6. The lowest BCUT2D eigenvalue weighted by Crippen LogP contribution is -2.37. The van der Waals surface area contributed by atoms with Crippen molar-refractivity contribution in [1.29, 1.82) is 0 Å². The van der Waals surface area contributed by atoms with Crippen molar-refractivity contribution in [2.75, 3.05) is 13.2 Å². The van der Waals surface area contributed by atoms with Crippen LogP contribution in [0.1, 0.15) is 74.3 Å². The average Bonchev–Trinajstić information content (AvgIpc) is 2.63. The number of halogens is 2. The van der Waals surface area contributed by atoms with Crippen LogP contribution in [0.25, 0.3) is 0 Å². The fourth-order valence-corrected chi connectivity index (χ4v) is 2.67. The van der Waals surface area contributed by atoms with E-state index in [4.69, 9.17) is 19.3 Å². The van der Waals surface area contributed by atoms with Crippen molar-refractivity contribution in [3.05, 3.63) is 34.1 Å². The lowest BCUT2D eigenvalue weighted by atomic mass is 10.2. The Morgan fingerprint density at radius 2 is 1.36 bits per heavy atom. The minimum Gasteiger partial charge on any atom is -0.444 e. The summed E-state index contributed by atoms with van der Waals surface area (Å²) in [6.45, 7) is 15.9. The molecule has 0 fully saturated rings. The third-order valence-electron chi connectivity index (χ3n) is 3.55. The fraction of sp³-hybridized carbons (Fsp3) is 0.640. The highest BCUT2D eigenvalue weighted by molar-refractivity contribution is 9.10. The average molecular weight is 580 g/mol. The number of carbonyl (C=O) groups is 3. The highest BCUT2D eigenvalue weighted by atomic mass is 79.9. The minimum atomic E-state index is -1.06. The van der Waals surface area contributed by atoms with Crippen LogP contribution in [0.3, 0.4) is 0 Å². The molecule has 0 bridgehead atoms. The van der Waals surface area contributed by atoms with Gasteiger partial charge < -0.3 is 29.0 Å². The summed E-state index contributed by atoms with van der Waals surface area (Å²) in [5.41, 5.74) is -1.34. The Morgan fingerprint density at radius 3 is 1.78 bits per heavy atom. The van der Waals surface area contributed by atoms with Gasteiger partial charge in [-0.2, -0.15) is 0 Å². The molecule has 1 aromatic carbocycles. The third kappa shape index (κ3) is 17.1. The molecule has 1 amide bonds. The molecule has 0 atom stereocenters. The van der Waals surface area contributed by atoms with Gasteiger partial charge in [-0.15, -0.1) is 0 Å². The smallest absolute Gasteiger partial charge is 0.444 e. The topological polar surface area (TPSA) is 112 Å². The van der Waals surface area contributed by atoms with Gasteiger partial charge in [0.2, 0.25) is 0 Å². The van der Waals surface area contributed by atoms with Crippen molar-refractivity contribution < 1.29 is 42.8 Å². The molecule has 36 heavy (non-hydrogen) atoms. The molecular formula is C25H39BrFNO8. The molecule has 0 saturated carbocycles. The number of benzene rings is 1. The molecule has 0 saturated heterocycles. The van der Waals surface area contributed by atoms with E-state index in [1.807, 2.05) is 0 Å². The predicted molar refractivity (Wildman–Crippen MR) is 136 cm³/mol. The number of rotatable bonds is 5. The predicted octanol–water partition coefficient (Wildman–Crippen LogP) is 6.58. The first-order chi connectivity index (χ1) is 16.2. The summed E-state index contributed by atoms with van der Waals surface area (Å²) in [5, 5.41) is 8.95. The highest BCUT2D eigenvalue weighted by Crippen LogP contribution is 2.21. The fourth-order valence-electron chi connectivity index (χ4n) is 2.30. The van der Waals surface area contributed by atoms with Gasteiger partial charge in [0.1, 0.15) is 22.6 Å². The maximum atomic E-state index is 13.3. The molecule has 0 aliphatic rings. The largest absolute Gasteiger partial charge is 0.519 e. The summed E-state index contributed by atoms with van der Waals surface area (Å²) in [6, 6.07) is 4.32. The van der Waals surface area contributed by atoms with Crippen LogP contribution in [0.5, 0.6) is 0 Å². The van der Waals surface area contributed by atoms with Crippen molar-refractivity contribution in [1.82, 2.24) is 4.90 Å².